The number of hydrogen-bond acceptors (Lipinski definition) is 4. The van der Waals surface area contributed by atoms with Gasteiger partial charge in [-0.3, -0.25) is 0 Å². The Balaban J connectivity index is 2.02. The summed E-state index contributed by atoms with van der Waals surface area (Å²) in [6.07, 6.45) is 9.22. The SMILES string of the molecule is OC[C@@H]1CC=C[C@H](n2cnc3c(Cl)ncnc32)C1. The first-order valence-electron chi connectivity index (χ1n) is 5.90. The fraction of sp³-hybridized carbons (Fsp3) is 0.417. The highest BCUT2D eigenvalue weighted by molar-refractivity contribution is 6.33. The summed E-state index contributed by atoms with van der Waals surface area (Å²) in [5.74, 6) is 0.301. The molecule has 2 atom stereocenters. The van der Waals surface area contributed by atoms with Crippen molar-refractivity contribution in [3.8, 4) is 0 Å². The van der Waals surface area contributed by atoms with Gasteiger partial charge in [-0.15, -0.1) is 0 Å². The minimum Gasteiger partial charge on any atom is -0.396 e. The number of aromatic nitrogens is 4. The van der Waals surface area contributed by atoms with E-state index in [-0.39, 0.29) is 12.6 Å². The molecule has 1 aliphatic carbocycles. The predicted octanol–water partition coefficient (Wildman–Crippen LogP) is 1.98. The maximum atomic E-state index is 9.26. The lowest BCUT2D eigenvalue weighted by molar-refractivity contribution is 0.204. The van der Waals surface area contributed by atoms with Gasteiger partial charge in [-0.05, 0) is 18.8 Å². The fourth-order valence-corrected chi connectivity index (χ4v) is 2.54. The van der Waals surface area contributed by atoms with E-state index in [4.69, 9.17) is 11.6 Å². The first-order valence-corrected chi connectivity index (χ1v) is 6.28. The molecule has 1 aliphatic rings. The summed E-state index contributed by atoms with van der Waals surface area (Å²) in [5.41, 5.74) is 1.36. The van der Waals surface area contributed by atoms with Crippen LogP contribution in [0.1, 0.15) is 18.9 Å². The molecule has 2 aromatic heterocycles. The van der Waals surface area contributed by atoms with Crippen molar-refractivity contribution in [2.24, 2.45) is 5.92 Å². The number of imidazole rings is 1. The molecule has 94 valence electrons. The van der Waals surface area contributed by atoms with Crippen molar-refractivity contribution < 1.29 is 5.11 Å². The Labute approximate surface area is 109 Å². The molecule has 0 amide bonds. The lowest BCUT2D eigenvalue weighted by atomic mass is 9.91. The molecule has 5 nitrogen and oxygen atoms in total. The number of aliphatic hydroxyl groups excluding tert-OH is 1. The first-order chi connectivity index (χ1) is 8.79. The highest BCUT2D eigenvalue weighted by atomic mass is 35.5. The van der Waals surface area contributed by atoms with Crippen LogP contribution in [0.4, 0.5) is 0 Å². The number of aliphatic hydroxyl groups is 1. The van der Waals surface area contributed by atoms with E-state index >= 15 is 0 Å². The molecule has 0 saturated heterocycles. The van der Waals surface area contributed by atoms with Crippen molar-refractivity contribution >= 4 is 22.8 Å². The summed E-state index contributed by atoms with van der Waals surface area (Å²) >= 11 is 5.98. The molecular formula is C12H13ClN4O. The van der Waals surface area contributed by atoms with Gasteiger partial charge >= 0.3 is 0 Å². The monoisotopic (exact) mass is 264 g/mol. The van der Waals surface area contributed by atoms with Crippen molar-refractivity contribution in [3.63, 3.8) is 0 Å². The lowest BCUT2D eigenvalue weighted by Crippen LogP contribution is -2.17. The van der Waals surface area contributed by atoms with Crippen LogP contribution in [0.3, 0.4) is 0 Å². The average Bonchev–Trinajstić information content (AvgIpc) is 2.84. The molecule has 6 heteroatoms. The molecule has 0 spiro atoms. The van der Waals surface area contributed by atoms with E-state index < -0.39 is 0 Å². The molecule has 2 aromatic rings. The summed E-state index contributed by atoms with van der Waals surface area (Å²) in [6, 6.07) is 0.173. The standard InChI is InChI=1S/C12H13ClN4O/c13-11-10-12(15-6-14-11)17(7-16-10)9-3-1-2-8(4-9)5-18/h1,3,6-9,18H,2,4-5H2/t8-,9+/m1/s1. The third kappa shape index (κ3) is 1.89. The Morgan fingerprint density at radius 1 is 1.39 bits per heavy atom. The Kier molecular flexibility index (Phi) is 3.01. The van der Waals surface area contributed by atoms with Crippen LogP contribution in [-0.2, 0) is 0 Å². The molecule has 3 rings (SSSR count). The van der Waals surface area contributed by atoms with Crippen LogP contribution in [0.25, 0.3) is 11.2 Å². The number of hydrogen-bond donors (Lipinski definition) is 1. The summed E-state index contributed by atoms with van der Waals surface area (Å²) in [5, 5.41) is 9.63. The van der Waals surface area contributed by atoms with Gasteiger partial charge in [0, 0.05) is 6.61 Å². The Bertz CT molecular complexity index is 595. The summed E-state index contributed by atoms with van der Waals surface area (Å²) in [6.45, 7) is 0.212. The van der Waals surface area contributed by atoms with Crippen LogP contribution in [0.15, 0.2) is 24.8 Å². The zero-order valence-corrected chi connectivity index (χ0v) is 10.5. The van der Waals surface area contributed by atoms with E-state index in [9.17, 15) is 5.11 Å². The van der Waals surface area contributed by atoms with Gasteiger partial charge in [0.15, 0.2) is 10.8 Å². The van der Waals surface area contributed by atoms with Crippen LogP contribution in [0, 0.1) is 5.92 Å². The minimum atomic E-state index is 0.173. The number of halogens is 1. The van der Waals surface area contributed by atoms with Gasteiger partial charge in [-0.25, -0.2) is 15.0 Å². The molecule has 0 aliphatic heterocycles. The fourth-order valence-electron chi connectivity index (χ4n) is 2.37. The highest BCUT2D eigenvalue weighted by Crippen LogP contribution is 2.29. The molecule has 0 radical (unpaired) electrons. The number of rotatable bonds is 2. The molecule has 0 fully saturated rings. The zero-order valence-electron chi connectivity index (χ0n) is 9.70. The molecule has 0 bridgehead atoms. The van der Waals surface area contributed by atoms with Crippen molar-refractivity contribution in [3.05, 3.63) is 30.0 Å². The third-order valence-electron chi connectivity index (χ3n) is 3.33. The minimum absolute atomic E-state index is 0.173. The molecule has 0 unspecified atom stereocenters. The maximum Gasteiger partial charge on any atom is 0.165 e. The van der Waals surface area contributed by atoms with Crippen LogP contribution in [-0.4, -0.2) is 31.2 Å². The Morgan fingerprint density at radius 3 is 3.11 bits per heavy atom. The maximum absolute atomic E-state index is 9.26. The largest absolute Gasteiger partial charge is 0.396 e. The van der Waals surface area contributed by atoms with Crippen molar-refractivity contribution in [1.82, 2.24) is 19.5 Å². The van der Waals surface area contributed by atoms with Crippen LogP contribution in [0.2, 0.25) is 5.15 Å². The molecule has 1 N–H and O–H groups in total. The molecule has 2 heterocycles. The molecule has 18 heavy (non-hydrogen) atoms. The second-order valence-corrected chi connectivity index (χ2v) is 4.86. The Hall–Kier alpha value is -1.46. The van der Waals surface area contributed by atoms with Crippen molar-refractivity contribution in [2.75, 3.05) is 6.61 Å². The van der Waals surface area contributed by atoms with E-state index in [1.165, 1.54) is 6.33 Å². The Morgan fingerprint density at radius 2 is 2.28 bits per heavy atom. The third-order valence-corrected chi connectivity index (χ3v) is 3.61. The van der Waals surface area contributed by atoms with Gasteiger partial charge < -0.3 is 9.67 Å². The van der Waals surface area contributed by atoms with Crippen LogP contribution < -0.4 is 0 Å². The summed E-state index contributed by atoms with van der Waals surface area (Å²) in [4.78, 5) is 12.4. The van der Waals surface area contributed by atoms with Gasteiger partial charge in [-0.1, -0.05) is 23.8 Å². The van der Waals surface area contributed by atoms with E-state index in [1.54, 1.807) is 6.33 Å². The first kappa shape index (κ1) is 11.6. The van der Waals surface area contributed by atoms with Gasteiger partial charge in [-0.2, -0.15) is 0 Å². The van der Waals surface area contributed by atoms with E-state index in [2.05, 4.69) is 27.1 Å². The summed E-state index contributed by atoms with van der Waals surface area (Å²) < 4.78 is 1.99. The normalized spacial score (nSPS) is 23.7. The topological polar surface area (TPSA) is 63.8 Å². The van der Waals surface area contributed by atoms with Crippen LogP contribution >= 0.6 is 11.6 Å². The number of allylic oxidation sites excluding steroid dienone is 2. The second-order valence-electron chi connectivity index (χ2n) is 4.50. The van der Waals surface area contributed by atoms with Crippen LogP contribution in [0.5, 0.6) is 0 Å². The number of nitrogens with zero attached hydrogens (tertiary/aromatic N) is 4. The summed E-state index contributed by atoms with van der Waals surface area (Å²) in [7, 11) is 0. The van der Waals surface area contributed by atoms with Gasteiger partial charge in [0.2, 0.25) is 0 Å². The zero-order chi connectivity index (χ0) is 12.5. The predicted molar refractivity (Wildman–Crippen MR) is 68.3 cm³/mol. The van der Waals surface area contributed by atoms with Gasteiger partial charge in [0.1, 0.15) is 11.8 Å². The molecular weight excluding hydrogens is 252 g/mol. The van der Waals surface area contributed by atoms with E-state index in [1.807, 2.05) is 4.57 Å². The van der Waals surface area contributed by atoms with E-state index in [0.717, 1.165) is 18.5 Å². The highest BCUT2D eigenvalue weighted by Gasteiger charge is 2.21. The smallest absolute Gasteiger partial charge is 0.165 e. The molecule has 0 saturated carbocycles. The number of fused-ring (bicyclic) bond motifs is 1. The lowest BCUT2D eigenvalue weighted by Gasteiger charge is -2.24. The average molecular weight is 265 g/mol. The molecule has 0 aromatic carbocycles. The van der Waals surface area contributed by atoms with Crippen molar-refractivity contribution in [1.29, 1.82) is 0 Å². The van der Waals surface area contributed by atoms with Crippen molar-refractivity contribution in [2.45, 2.75) is 18.9 Å². The van der Waals surface area contributed by atoms with Gasteiger partial charge in [0.05, 0.1) is 12.4 Å². The quantitative estimate of drug-likeness (QED) is 0.665. The van der Waals surface area contributed by atoms with Gasteiger partial charge in [0.25, 0.3) is 0 Å². The second kappa shape index (κ2) is 4.66. The van der Waals surface area contributed by atoms with E-state index in [0.29, 0.717) is 16.6 Å².